The predicted octanol–water partition coefficient (Wildman–Crippen LogP) is 3.97. The lowest BCUT2D eigenvalue weighted by atomic mass is 10.1. The van der Waals surface area contributed by atoms with Crippen LogP contribution in [0.25, 0.3) is 0 Å². The Hall–Kier alpha value is -2.77. The van der Waals surface area contributed by atoms with Crippen molar-refractivity contribution in [1.82, 2.24) is 15.0 Å². The minimum Gasteiger partial charge on any atom is -0.351 e. The fraction of sp³-hybridized carbons (Fsp3) is 0.471. The van der Waals surface area contributed by atoms with Crippen molar-refractivity contribution in [2.75, 3.05) is 10.6 Å². The Labute approximate surface area is 146 Å². The molecule has 3 rings (SSSR count). The Morgan fingerprint density at radius 2 is 1.80 bits per heavy atom. The van der Waals surface area contributed by atoms with Gasteiger partial charge >= 0.3 is 0 Å². The van der Waals surface area contributed by atoms with Gasteiger partial charge in [0, 0.05) is 23.9 Å². The van der Waals surface area contributed by atoms with E-state index in [1.165, 1.54) is 37.8 Å². The van der Waals surface area contributed by atoms with Crippen LogP contribution in [-0.2, 0) is 0 Å². The molecule has 8 heteroatoms. The first-order valence-corrected chi connectivity index (χ1v) is 8.61. The van der Waals surface area contributed by atoms with Gasteiger partial charge in [0.2, 0.25) is 11.9 Å². The molecule has 0 aliphatic heterocycles. The van der Waals surface area contributed by atoms with Crippen LogP contribution in [0.15, 0.2) is 24.3 Å². The molecule has 25 heavy (non-hydrogen) atoms. The number of nitrogens with zero attached hydrogens (tertiary/aromatic N) is 4. The molecule has 0 saturated heterocycles. The van der Waals surface area contributed by atoms with Crippen LogP contribution < -0.4 is 10.6 Å². The Kier molecular flexibility index (Phi) is 5.37. The average Bonchev–Trinajstić information content (AvgIpc) is 2.83. The van der Waals surface area contributed by atoms with Gasteiger partial charge in [-0.1, -0.05) is 31.7 Å². The highest BCUT2D eigenvalue weighted by molar-refractivity contribution is 5.58. The maximum atomic E-state index is 10.9. The summed E-state index contributed by atoms with van der Waals surface area (Å²) < 4.78 is 0. The lowest BCUT2D eigenvalue weighted by Gasteiger charge is -2.16. The number of hydrogen-bond acceptors (Lipinski definition) is 7. The molecular weight excluding hydrogens is 320 g/mol. The van der Waals surface area contributed by atoms with E-state index in [1.54, 1.807) is 19.1 Å². The quantitative estimate of drug-likeness (QED) is 0.481. The molecule has 2 aromatic rings. The van der Waals surface area contributed by atoms with Crippen molar-refractivity contribution in [1.29, 1.82) is 0 Å². The molecule has 0 unspecified atom stereocenters. The highest BCUT2D eigenvalue weighted by Gasteiger charge is 2.14. The monoisotopic (exact) mass is 342 g/mol. The molecule has 0 bridgehead atoms. The molecular formula is C17H22N6O2. The third kappa shape index (κ3) is 4.85. The van der Waals surface area contributed by atoms with Crippen LogP contribution in [-0.4, -0.2) is 25.9 Å². The van der Waals surface area contributed by atoms with Gasteiger partial charge in [0.1, 0.15) is 5.82 Å². The topological polar surface area (TPSA) is 106 Å². The van der Waals surface area contributed by atoms with Crippen molar-refractivity contribution in [3.05, 3.63) is 40.2 Å². The first-order valence-electron chi connectivity index (χ1n) is 8.61. The van der Waals surface area contributed by atoms with E-state index in [0.717, 1.165) is 12.8 Å². The van der Waals surface area contributed by atoms with Gasteiger partial charge in [-0.3, -0.25) is 10.1 Å². The first kappa shape index (κ1) is 17.1. The number of aromatic nitrogens is 3. The van der Waals surface area contributed by atoms with Gasteiger partial charge in [0.05, 0.1) is 4.92 Å². The Morgan fingerprint density at radius 3 is 2.52 bits per heavy atom. The minimum absolute atomic E-state index is 0.0209. The zero-order chi connectivity index (χ0) is 17.6. The number of nitrogens with one attached hydrogen (secondary N) is 2. The number of benzene rings is 1. The average molecular weight is 342 g/mol. The fourth-order valence-corrected chi connectivity index (χ4v) is 3.03. The molecule has 1 fully saturated rings. The summed E-state index contributed by atoms with van der Waals surface area (Å²) in [6.45, 7) is 1.80. The van der Waals surface area contributed by atoms with Gasteiger partial charge in [0.15, 0.2) is 0 Å². The number of hydrogen-bond donors (Lipinski definition) is 2. The highest BCUT2D eigenvalue weighted by Crippen LogP contribution is 2.22. The molecule has 2 N–H and O–H groups in total. The van der Waals surface area contributed by atoms with Crippen LogP contribution in [0.3, 0.4) is 0 Å². The molecule has 0 spiro atoms. The molecule has 0 radical (unpaired) electrons. The van der Waals surface area contributed by atoms with E-state index in [4.69, 9.17) is 0 Å². The molecule has 0 atom stereocenters. The number of nitro benzene ring substituents is 1. The molecule has 0 amide bonds. The number of aryl methyl sites for hydroxylation is 1. The van der Waals surface area contributed by atoms with Crippen LogP contribution >= 0.6 is 0 Å². The third-order valence-corrected chi connectivity index (χ3v) is 4.25. The minimum atomic E-state index is -0.428. The van der Waals surface area contributed by atoms with E-state index in [1.807, 2.05) is 0 Å². The van der Waals surface area contributed by atoms with Crippen molar-refractivity contribution in [3.63, 3.8) is 0 Å². The number of non-ortho nitro benzene ring substituents is 1. The zero-order valence-electron chi connectivity index (χ0n) is 14.2. The van der Waals surface area contributed by atoms with Gasteiger partial charge in [0.25, 0.3) is 5.69 Å². The Bertz CT molecular complexity index is 744. The van der Waals surface area contributed by atoms with Crippen molar-refractivity contribution in [2.24, 2.45) is 0 Å². The van der Waals surface area contributed by atoms with E-state index in [-0.39, 0.29) is 5.69 Å². The van der Waals surface area contributed by atoms with Crippen molar-refractivity contribution in [3.8, 4) is 0 Å². The Balaban J connectivity index is 1.74. The second-order valence-corrected chi connectivity index (χ2v) is 6.30. The molecule has 1 saturated carbocycles. The third-order valence-electron chi connectivity index (χ3n) is 4.25. The molecule has 132 valence electrons. The van der Waals surface area contributed by atoms with Crippen LogP contribution in [0, 0.1) is 17.0 Å². The highest BCUT2D eigenvalue weighted by atomic mass is 16.6. The van der Waals surface area contributed by atoms with Crippen molar-refractivity contribution in [2.45, 2.75) is 51.5 Å². The van der Waals surface area contributed by atoms with Gasteiger partial charge in [-0.2, -0.15) is 15.0 Å². The van der Waals surface area contributed by atoms with Crippen LogP contribution in [0.2, 0.25) is 0 Å². The summed E-state index contributed by atoms with van der Waals surface area (Å²) in [4.78, 5) is 23.5. The van der Waals surface area contributed by atoms with Crippen LogP contribution in [0.4, 0.5) is 23.3 Å². The molecule has 1 aromatic carbocycles. The van der Waals surface area contributed by atoms with Crippen molar-refractivity contribution < 1.29 is 4.92 Å². The van der Waals surface area contributed by atoms with E-state index in [9.17, 15) is 10.1 Å². The number of anilines is 3. The van der Waals surface area contributed by atoms with Gasteiger partial charge in [-0.25, -0.2) is 0 Å². The molecule has 8 nitrogen and oxygen atoms in total. The van der Waals surface area contributed by atoms with Crippen molar-refractivity contribution >= 4 is 23.3 Å². The SMILES string of the molecule is Cc1nc(Nc2cccc([N+](=O)[O-])c2)nc(NC2CCCCCC2)n1. The van der Waals surface area contributed by atoms with Gasteiger partial charge < -0.3 is 10.6 Å². The second-order valence-electron chi connectivity index (χ2n) is 6.30. The van der Waals surface area contributed by atoms with Gasteiger partial charge in [-0.15, -0.1) is 0 Å². The molecule has 1 aliphatic rings. The summed E-state index contributed by atoms with van der Waals surface area (Å²) >= 11 is 0. The smallest absolute Gasteiger partial charge is 0.271 e. The predicted molar refractivity (Wildman–Crippen MR) is 96.1 cm³/mol. The van der Waals surface area contributed by atoms with E-state index in [0.29, 0.717) is 29.5 Å². The number of rotatable bonds is 5. The van der Waals surface area contributed by atoms with Crippen LogP contribution in [0.1, 0.15) is 44.3 Å². The summed E-state index contributed by atoms with van der Waals surface area (Å²) in [5.74, 6) is 1.52. The summed E-state index contributed by atoms with van der Waals surface area (Å²) in [5, 5.41) is 17.3. The summed E-state index contributed by atoms with van der Waals surface area (Å²) in [7, 11) is 0. The summed E-state index contributed by atoms with van der Waals surface area (Å²) in [5.41, 5.74) is 0.591. The molecule has 1 aromatic heterocycles. The Morgan fingerprint density at radius 1 is 1.08 bits per heavy atom. The largest absolute Gasteiger partial charge is 0.351 e. The van der Waals surface area contributed by atoms with E-state index in [2.05, 4.69) is 25.6 Å². The lowest BCUT2D eigenvalue weighted by Crippen LogP contribution is -2.20. The van der Waals surface area contributed by atoms with Gasteiger partial charge in [-0.05, 0) is 25.8 Å². The van der Waals surface area contributed by atoms with Crippen LogP contribution in [0.5, 0.6) is 0 Å². The normalized spacial score (nSPS) is 15.4. The lowest BCUT2D eigenvalue weighted by molar-refractivity contribution is -0.384. The zero-order valence-corrected chi connectivity index (χ0v) is 14.2. The number of nitro groups is 1. The second kappa shape index (κ2) is 7.87. The van der Waals surface area contributed by atoms with E-state index < -0.39 is 4.92 Å². The standard InChI is InChI=1S/C17H22N6O2/c1-12-18-16(20-13-7-4-2-3-5-8-13)22-17(19-12)21-14-9-6-10-15(11-14)23(24)25/h6,9-11,13H,2-5,7-8H2,1H3,(H2,18,19,20,21,22). The van der Waals surface area contributed by atoms with E-state index >= 15 is 0 Å². The maximum absolute atomic E-state index is 10.9. The fourth-order valence-electron chi connectivity index (χ4n) is 3.03. The molecule has 1 aliphatic carbocycles. The first-order chi connectivity index (χ1) is 12.1. The maximum Gasteiger partial charge on any atom is 0.271 e. The molecule has 1 heterocycles. The summed E-state index contributed by atoms with van der Waals surface area (Å²) in [6, 6.07) is 6.65. The summed E-state index contributed by atoms with van der Waals surface area (Å²) in [6.07, 6.45) is 7.26.